The number of hydrogen-bond donors (Lipinski definition) is 1. The van der Waals surface area contributed by atoms with Gasteiger partial charge in [-0.25, -0.2) is 22.4 Å². The third-order valence-corrected chi connectivity index (χ3v) is 8.62. The van der Waals surface area contributed by atoms with Crippen molar-refractivity contribution >= 4 is 26.9 Å². The summed E-state index contributed by atoms with van der Waals surface area (Å²) in [5.74, 6) is 0.838. The minimum atomic E-state index is -4.03. The quantitative estimate of drug-likeness (QED) is 0.311. The Morgan fingerprint density at radius 3 is 2.48 bits per heavy atom. The molecule has 1 aliphatic heterocycles. The van der Waals surface area contributed by atoms with Gasteiger partial charge in [-0.1, -0.05) is 24.3 Å². The number of pyridine rings is 2. The fraction of sp³-hybridized carbons (Fsp3) is 0.167. The average molecular weight is 552 g/mol. The number of fused-ring (bicyclic) bond motifs is 1. The van der Waals surface area contributed by atoms with Crippen molar-refractivity contribution in [1.82, 2.24) is 13.9 Å². The average Bonchev–Trinajstić information content (AvgIpc) is 3.39. The van der Waals surface area contributed by atoms with Gasteiger partial charge < -0.3 is 15.2 Å². The van der Waals surface area contributed by atoms with E-state index in [-0.39, 0.29) is 16.6 Å². The summed E-state index contributed by atoms with van der Waals surface area (Å²) < 4.78 is 40.7. The van der Waals surface area contributed by atoms with Gasteiger partial charge in [0.25, 0.3) is 10.0 Å². The molecule has 0 amide bonds. The summed E-state index contributed by atoms with van der Waals surface area (Å²) in [7, 11) is -4.03. The molecule has 0 bridgehead atoms. The van der Waals surface area contributed by atoms with Crippen molar-refractivity contribution in [1.29, 1.82) is 5.26 Å². The third kappa shape index (κ3) is 4.66. The predicted molar refractivity (Wildman–Crippen MR) is 151 cm³/mol. The fourth-order valence-electron chi connectivity index (χ4n) is 4.89. The minimum absolute atomic E-state index is 0.00682. The van der Waals surface area contributed by atoms with Gasteiger partial charge in [0.15, 0.2) is 5.65 Å². The first-order valence-corrected chi connectivity index (χ1v) is 14.2. The van der Waals surface area contributed by atoms with Crippen LogP contribution >= 0.6 is 0 Å². The van der Waals surface area contributed by atoms with E-state index in [1.165, 1.54) is 10.2 Å². The van der Waals surface area contributed by atoms with E-state index in [4.69, 9.17) is 15.2 Å². The minimum Gasteiger partial charge on any atom is -0.489 e. The Kier molecular flexibility index (Phi) is 6.67. The Balaban J connectivity index is 1.52. The molecule has 6 rings (SSSR count). The Morgan fingerprint density at radius 1 is 0.975 bits per heavy atom. The summed E-state index contributed by atoms with van der Waals surface area (Å²) in [5, 5.41) is 10.5. The van der Waals surface area contributed by atoms with Gasteiger partial charge in [-0.05, 0) is 59.7 Å². The first-order chi connectivity index (χ1) is 19.5. The normalized spacial score (nSPS) is 14.2. The van der Waals surface area contributed by atoms with E-state index in [0.29, 0.717) is 47.0 Å². The van der Waals surface area contributed by atoms with E-state index in [9.17, 15) is 13.7 Å². The van der Waals surface area contributed by atoms with Crippen molar-refractivity contribution in [3.63, 3.8) is 0 Å². The van der Waals surface area contributed by atoms with Gasteiger partial charge in [0.2, 0.25) is 0 Å². The van der Waals surface area contributed by atoms with Gasteiger partial charge in [-0.3, -0.25) is 0 Å². The molecule has 0 saturated carbocycles. The number of ether oxygens (including phenoxy) is 2. The lowest BCUT2D eigenvalue weighted by molar-refractivity contribution is 0.0254. The van der Waals surface area contributed by atoms with E-state index in [0.717, 1.165) is 24.0 Å². The van der Waals surface area contributed by atoms with E-state index in [1.807, 2.05) is 12.1 Å². The van der Waals surface area contributed by atoms with Crippen molar-refractivity contribution in [2.75, 3.05) is 18.9 Å². The summed E-state index contributed by atoms with van der Waals surface area (Å²) >= 11 is 0. The van der Waals surface area contributed by atoms with E-state index in [1.54, 1.807) is 66.9 Å². The van der Waals surface area contributed by atoms with Crippen LogP contribution in [-0.2, 0) is 14.8 Å². The van der Waals surface area contributed by atoms with Gasteiger partial charge in [0, 0.05) is 36.2 Å². The Morgan fingerprint density at radius 2 is 1.75 bits per heavy atom. The Bertz CT molecular complexity index is 1840. The van der Waals surface area contributed by atoms with Crippen LogP contribution < -0.4 is 10.5 Å². The lowest BCUT2D eigenvalue weighted by Crippen LogP contribution is -2.26. The lowest BCUT2D eigenvalue weighted by atomic mass is 10.0. The van der Waals surface area contributed by atoms with Crippen molar-refractivity contribution in [3.05, 3.63) is 90.8 Å². The molecule has 1 saturated heterocycles. The highest BCUT2D eigenvalue weighted by Gasteiger charge is 2.26. The highest BCUT2D eigenvalue weighted by atomic mass is 32.2. The number of hydrogen-bond acceptors (Lipinski definition) is 8. The Labute approximate surface area is 231 Å². The van der Waals surface area contributed by atoms with Gasteiger partial charge >= 0.3 is 0 Å². The molecule has 4 heterocycles. The second-order valence-electron chi connectivity index (χ2n) is 9.43. The van der Waals surface area contributed by atoms with Crippen molar-refractivity contribution in [2.24, 2.45) is 0 Å². The number of nitrogen functional groups attached to an aromatic ring is 1. The van der Waals surface area contributed by atoms with Crippen LogP contribution in [0.15, 0.2) is 90.1 Å². The number of nitrogens with two attached hydrogens (primary N) is 1. The smallest absolute Gasteiger partial charge is 0.269 e. The summed E-state index contributed by atoms with van der Waals surface area (Å²) in [6.45, 7) is 1.27. The molecule has 2 N–H and O–H groups in total. The lowest BCUT2D eigenvalue weighted by Gasteiger charge is -2.23. The van der Waals surface area contributed by atoms with Crippen LogP contribution in [0.25, 0.3) is 33.4 Å². The molecular formula is C30H25N5O4S. The summed E-state index contributed by atoms with van der Waals surface area (Å²) in [6, 6.07) is 22.8. The van der Waals surface area contributed by atoms with Crippen molar-refractivity contribution in [3.8, 4) is 34.2 Å². The molecule has 9 nitrogen and oxygen atoms in total. The zero-order valence-electron chi connectivity index (χ0n) is 21.4. The van der Waals surface area contributed by atoms with Crippen LogP contribution in [0.2, 0.25) is 0 Å². The van der Waals surface area contributed by atoms with Crippen LogP contribution in [0.4, 0.5) is 5.82 Å². The zero-order valence-corrected chi connectivity index (χ0v) is 22.2. The summed E-state index contributed by atoms with van der Waals surface area (Å²) in [4.78, 5) is 8.80. The largest absolute Gasteiger partial charge is 0.489 e. The van der Waals surface area contributed by atoms with Crippen LogP contribution in [-0.4, -0.2) is 41.7 Å². The maximum absolute atomic E-state index is 14.0. The third-order valence-electron chi connectivity index (χ3n) is 6.90. The number of nitrogens with zero attached hydrogens (tertiary/aromatic N) is 4. The van der Waals surface area contributed by atoms with Crippen molar-refractivity contribution < 1.29 is 17.9 Å². The fourth-order valence-corrected chi connectivity index (χ4v) is 6.39. The highest BCUT2D eigenvalue weighted by molar-refractivity contribution is 7.90. The standard InChI is InChI=1S/C30H25N5O4S/c31-18-22-16-20(6-8-28(22)39-23-11-14-38-15-12-23)25-10-13-33-30-26(25)17-27(21-7-9-29(32)34-19-21)35(30)40(36,37)24-4-2-1-3-5-24/h1-10,13,16-17,19,23H,11-12,14-15H2,(H2,32,34). The van der Waals surface area contributed by atoms with Crippen LogP contribution in [0.5, 0.6) is 5.75 Å². The molecule has 10 heteroatoms. The second-order valence-corrected chi connectivity index (χ2v) is 11.2. The molecule has 2 aromatic carbocycles. The molecule has 0 unspecified atom stereocenters. The van der Waals surface area contributed by atoms with E-state index in [2.05, 4.69) is 16.0 Å². The summed E-state index contributed by atoms with van der Waals surface area (Å²) in [6.07, 6.45) is 4.63. The van der Waals surface area contributed by atoms with E-state index < -0.39 is 10.0 Å². The first-order valence-electron chi connectivity index (χ1n) is 12.8. The first kappa shape index (κ1) is 25.6. The molecule has 0 radical (unpaired) electrons. The predicted octanol–water partition coefficient (Wildman–Crippen LogP) is 5.01. The van der Waals surface area contributed by atoms with Gasteiger partial charge in [-0.2, -0.15) is 5.26 Å². The number of benzene rings is 2. The second kappa shape index (κ2) is 10.4. The van der Waals surface area contributed by atoms with E-state index >= 15 is 0 Å². The van der Waals surface area contributed by atoms with Crippen LogP contribution in [0, 0.1) is 11.3 Å². The molecular weight excluding hydrogens is 526 g/mol. The SMILES string of the molecule is N#Cc1cc(-c2ccnc3c2cc(-c2ccc(N)nc2)n3S(=O)(=O)c2ccccc2)ccc1OC1CCOCC1. The highest BCUT2D eigenvalue weighted by Crippen LogP contribution is 2.37. The topological polar surface area (TPSA) is 133 Å². The molecule has 200 valence electrons. The molecule has 0 spiro atoms. The number of aromatic nitrogens is 3. The molecule has 0 atom stereocenters. The molecule has 0 aliphatic carbocycles. The van der Waals surface area contributed by atoms with Crippen LogP contribution in [0.3, 0.4) is 0 Å². The number of anilines is 1. The molecule has 5 aromatic rings. The Hall–Kier alpha value is -4.72. The maximum atomic E-state index is 14.0. The monoisotopic (exact) mass is 551 g/mol. The summed E-state index contributed by atoms with van der Waals surface area (Å²) in [5.41, 5.74) is 8.88. The zero-order chi connectivity index (χ0) is 27.7. The molecule has 40 heavy (non-hydrogen) atoms. The maximum Gasteiger partial charge on any atom is 0.269 e. The number of rotatable bonds is 6. The van der Waals surface area contributed by atoms with Crippen LogP contribution in [0.1, 0.15) is 18.4 Å². The van der Waals surface area contributed by atoms with Gasteiger partial charge in [0.1, 0.15) is 23.7 Å². The molecule has 3 aromatic heterocycles. The molecule has 1 aliphatic rings. The van der Waals surface area contributed by atoms with Gasteiger partial charge in [0.05, 0.1) is 29.4 Å². The van der Waals surface area contributed by atoms with Gasteiger partial charge in [-0.15, -0.1) is 0 Å². The number of nitriles is 1. The molecule has 1 fully saturated rings. The van der Waals surface area contributed by atoms with Crippen molar-refractivity contribution in [2.45, 2.75) is 23.8 Å².